The van der Waals surface area contributed by atoms with Gasteiger partial charge >= 0.3 is 5.97 Å². The first-order valence-corrected chi connectivity index (χ1v) is 6.96. The maximum atomic E-state index is 12.0. The van der Waals surface area contributed by atoms with Gasteiger partial charge in [0.1, 0.15) is 0 Å². The third-order valence-corrected chi connectivity index (χ3v) is 3.58. The number of rotatable bonds is 6. The molecule has 0 N–H and O–H groups in total. The highest BCUT2D eigenvalue weighted by molar-refractivity contribution is 5.77. The van der Waals surface area contributed by atoms with Gasteiger partial charge in [-0.25, -0.2) is 0 Å². The van der Waals surface area contributed by atoms with Gasteiger partial charge in [0.05, 0.1) is 20.1 Å². The second kappa shape index (κ2) is 7.17. The Balaban J connectivity index is 3.29. The number of hydrogen-bond acceptors (Lipinski definition) is 4. The molecule has 1 aromatic rings. The van der Waals surface area contributed by atoms with Crippen LogP contribution >= 0.6 is 0 Å². The van der Waals surface area contributed by atoms with Gasteiger partial charge in [0.25, 0.3) is 0 Å². The van der Waals surface area contributed by atoms with Crippen molar-refractivity contribution in [2.45, 2.75) is 40.5 Å². The van der Waals surface area contributed by atoms with Crippen molar-refractivity contribution in [1.82, 2.24) is 0 Å². The topological polar surface area (TPSA) is 44.8 Å². The molecule has 4 nitrogen and oxygen atoms in total. The van der Waals surface area contributed by atoms with E-state index in [2.05, 4.69) is 6.92 Å². The molecule has 0 heterocycles. The number of aryl methyl sites for hydroxylation is 1. The van der Waals surface area contributed by atoms with Crippen LogP contribution in [0.4, 0.5) is 0 Å². The Hall–Kier alpha value is -1.71. The third-order valence-electron chi connectivity index (χ3n) is 3.58. The predicted molar refractivity (Wildman–Crippen MR) is 78.8 cm³/mol. The van der Waals surface area contributed by atoms with Gasteiger partial charge in [-0.15, -0.1) is 0 Å². The number of carbonyl (C=O) groups excluding carboxylic acids is 1. The summed E-state index contributed by atoms with van der Waals surface area (Å²) < 4.78 is 16.3. The fourth-order valence-electron chi connectivity index (χ4n) is 1.99. The van der Waals surface area contributed by atoms with E-state index in [4.69, 9.17) is 14.2 Å². The van der Waals surface area contributed by atoms with Crippen LogP contribution in [0, 0.1) is 12.8 Å². The van der Waals surface area contributed by atoms with Gasteiger partial charge in [0.15, 0.2) is 11.5 Å². The minimum atomic E-state index is -0.271. The van der Waals surface area contributed by atoms with Crippen molar-refractivity contribution in [2.75, 3.05) is 14.2 Å². The largest absolute Gasteiger partial charge is 0.493 e. The fourth-order valence-corrected chi connectivity index (χ4v) is 1.99. The molecule has 0 aromatic heterocycles. The van der Waals surface area contributed by atoms with E-state index in [1.165, 1.54) is 0 Å². The van der Waals surface area contributed by atoms with Gasteiger partial charge in [-0.1, -0.05) is 20.8 Å². The lowest BCUT2D eigenvalue weighted by molar-refractivity contribution is -0.138. The van der Waals surface area contributed by atoms with E-state index in [0.29, 0.717) is 17.2 Å². The first-order chi connectivity index (χ1) is 9.49. The molecule has 0 aliphatic rings. The van der Waals surface area contributed by atoms with Crippen LogP contribution < -0.4 is 14.2 Å². The monoisotopic (exact) mass is 280 g/mol. The molecular weight excluding hydrogens is 256 g/mol. The average molecular weight is 280 g/mol. The fraction of sp³-hybridized carbons (Fsp3) is 0.562. The summed E-state index contributed by atoms with van der Waals surface area (Å²) in [6.45, 7) is 7.81. The number of benzene rings is 1. The molecule has 0 radical (unpaired) electrons. The van der Waals surface area contributed by atoms with Crippen LogP contribution in [0.5, 0.6) is 17.2 Å². The van der Waals surface area contributed by atoms with Gasteiger partial charge in [-0.2, -0.15) is 0 Å². The summed E-state index contributed by atoms with van der Waals surface area (Å²) >= 11 is 0. The number of ether oxygens (including phenoxy) is 3. The summed E-state index contributed by atoms with van der Waals surface area (Å²) in [5, 5.41) is 0. The molecule has 0 bridgehead atoms. The predicted octanol–water partition coefficient (Wildman–Crippen LogP) is 3.53. The van der Waals surface area contributed by atoms with Gasteiger partial charge in [0, 0.05) is 0 Å². The van der Waals surface area contributed by atoms with Crippen molar-refractivity contribution in [1.29, 1.82) is 0 Å². The van der Waals surface area contributed by atoms with Crippen molar-refractivity contribution in [3.63, 3.8) is 0 Å². The molecule has 1 unspecified atom stereocenters. The highest BCUT2D eigenvalue weighted by Crippen LogP contribution is 2.42. The van der Waals surface area contributed by atoms with Crippen LogP contribution in [0.15, 0.2) is 6.07 Å². The molecule has 0 spiro atoms. The minimum Gasteiger partial charge on any atom is -0.493 e. The quantitative estimate of drug-likeness (QED) is 0.590. The molecule has 1 rings (SSSR count). The lowest BCUT2D eigenvalue weighted by atomic mass is 10.0. The Morgan fingerprint density at radius 3 is 2.30 bits per heavy atom. The van der Waals surface area contributed by atoms with E-state index in [-0.39, 0.29) is 11.9 Å². The smallest absolute Gasteiger partial charge is 0.314 e. The van der Waals surface area contributed by atoms with Gasteiger partial charge in [-0.3, -0.25) is 4.79 Å². The average Bonchev–Trinajstić information content (AvgIpc) is 2.46. The van der Waals surface area contributed by atoms with E-state index in [1.54, 1.807) is 14.2 Å². The Morgan fingerprint density at radius 1 is 1.20 bits per heavy atom. The van der Waals surface area contributed by atoms with Crippen molar-refractivity contribution >= 4 is 5.97 Å². The van der Waals surface area contributed by atoms with Crippen molar-refractivity contribution in [2.24, 2.45) is 5.92 Å². The second-order valence-corrected chi connectivity index (χ2v) is 4.81. The van der Waals surface area contributed by atoms with Crippen molar-refractivity contribution < 1.29 is 19.0 Å². The molecular formula is C16H24O4. The van der Waals surface area contributed by atoms with Crippen LogP contribution in [0.2, 0.25) is 0 Å². The zero-order chi connectivity index (χ0) is 15.3. The van der Waals surface area contributed by atoms with Crippen LogP contribution in [-0.2, 0) is 11.2 Å². The summed E-state index contributed by atoms with van der Waals surface area (Å²) in [5.41, 5.74) is 2.09. The van der Waals surface area contributed by atoms with Gasteiger partial charge in [-0.05, 0) is 37.0 Å². The number of esters is 1. The van der Waals surface area contributed by atoms with E-state index in [1.807, 2.05) is 26.8 Å². The number of carbonyl (C=O) groups is 1. The Bertz CT molecular complexity index is 480. The SMILES string of the molecule is CCc1cc(OC)c(OC(=O)C(C)CC)c(OC)c1C. The second-order valence-electron chi connectivity index (χ2n) is 4.81. The number of hydrogen-bond donors (Lipinski definition) is 0. The van der Waals surface area contributed by atoms with Crippen molar-refractivity contribution in [3.05, 3.63) is 17.2 Å². The molecule has 0 fully saturated rings. The Kier molecular flexibility index (Phi) is 5.86. The summed E-state index contributed by atoms with van der Waals surface area (Å²) in [6.07, 6.45) is 1.59. The molecule has 4 heteroatoms. The lowest BCUT2D eigenvalue weighted by Crippen LogP contribution is -2.18. The normalized spacial score (nSPS) is 11.9. The zero-order valence-corrected chi connectivity index (χ0v) is 13.2. The summed E-state index contributed by atoms with van der Waals surface area (Å²) in [6, 6.07) is 1.90. The molecule has 0 amide bonds. The third kappa shape index (κ3) is 3.24. The minimum absolute atomic E-state index is 0.157. The summed E-state index contributed by atoms with van der Waals surface area (Å²) in [4.78, 5) is 12.0. The standard InChI is InChI=1S/C16H24O4/c1-7-10(3)16(17)20-15-13(18-5)9-12(8-2)11(4)14(15)19-6/h9-10H,7-8H2,1-6H3. The highest BCUT2D eigenvalue weighted by atomic mass is 16.6. The van der Waals surface area contributed by atoms with E-state index in [0.717, 1.165) is 24.0 Å². The molecule has 1 aromatic carbocycles. The highest BCUT2D eigenvalue weighted by Gasteiger charge is 2.22. The first kappa shape index (κ1) is 16.3. The summed E-state index contributed by atoms with van der Waals surface area (Å²) in [7, 11) is 3.13. The lowest BCUT2D eigenvalue weighted by Gasteiger charge is -2.18. The molecule has 0 aliphatic carbocycles. The van der Waals surface area contributed by atoms with E-state index < -0.39 is 0 Å². The van der Waals surface area contributed by atoms with Gasteiger partial charge < -0.3 is 14.2 Å². The maximum Gasteiger partial charge on any atom is 0.314 e. The van der Waals surface area contributed by atoms with Crippen LogP contribution in [0.25, 0.3) is 0 Å². The van der Waals surface area contributed by atoms with E-state index in [9.17, 15) is 4.79 Å². The number of methoxy groups -OCH3 is 2. The molecule has 20 heavy (non-hydrogen) atoms. The van der Waals surface area contributed by atoms with Gasteiger partial charge in [0.2, 0.25) is 5.75 Å². The Labute approximate surface area is 121 Å². The molecule has 0 saturated heterocycles. The maximum absolute atomic E-state index is 12.0. The van der Waals surface area contributed by atoms with Crippen molar-refractivity contribution in [3.8, 4) is 17.2 Å². The molecule has 0 saturated carbocycles. The van der Waals surface area contributed by atoms with Crippen LogP contribution in [-0.4, -0.2) is 20.2 Å². The molecule has 0 aliphatic heterocycles. The molecule has 1 atom stereocenters. The summed E-state index contributed by atoms with van der Waals surface area (Å²) in [5.74, 6) is 1.04. The molecule has 112 valence electrons. The Morgan fingerprint density at radius 2 is 1.85 bits per heavy atom. The zero-order valence-electron chi connectivity index (χ0n) is 13.2. The van der Waals surface area contributed by atoms with Crippen LogP contribution in [0.1, 0.15) is 38.3 Å². The first-order valence-electron chi connectivity index (χ1n) is 6.96. The van der Waals surface area contributed by atoms with E-state index >= 15 is 0 Å². The van der Waals surface area contributed by atoms with Crippen LogP contribution in [0.3, 0.4) is 0 Å².